The van der Waals surface area contributed by atoms with E-state index in [-0.39, 0.29) is 16.9 Å². The third-order valence-corrected chi connectivity index (χ3v) is 4.60. The normalized spacial score (nSPS) is 21.0. The van der Waals surface area contributed by atoms with Crippen molar-refractivity contribution >= 4 is 11.8 Å². The van der Waals surface area contributed by atoms with Gasteiger partial charge in [-0.1, -0.05) is 30.3 Å². The Labute approximate surface area is 143 Å². The summed E-state index contributed by atoms with van der Waals surface area (Å²) in [7, 11) is 1.27. The van der Waals surface area contributed by atoms with Crippen molar-refractivity contribution in [1.82, 2.24) is 5.06 Å². The lowest BCUT2D eigenvalue weighted by molar-refractivity contribution is -0.292. The van der Waals surface area contributed by atoms with Crippen LogP contribution in [0.1, 0.15) is 57.3 Å². The molecule has 1 aromatic carbocycles. The molecule has 1 unspecified atom stereocenters. The number of methoxy groups -OCH3 is 1. The first-order valence-corrected chi connectivity index (χ1v) is 8.33. The monoisotopic (exact) mass is 333 g/mol. The van der Waals surface area contributed by atoms with E-state index in [0.29, 0.717) is 5.56 Å². The highest BCUT2D eigenvalue weighted by Crippen LogP contribution is 2.39. The number of hydroxylamine groups is 2. The van der Waals surface area contributed by atoms with Crippen LogP contribution in [0.2, 0.25) is 0 Å². The molecule has 2 rings (SSSR count). The quantitative estimate of drug-likeness (QED) is 0.470. The fraction of sp³-hybridized carbons (Fsp3) is 0.579. The number of hydrogen-bond acceptors (Lipinski definition) is 5. The van der Waals surface area contributed by atoms with Crippen molar-refractivity contribution in [2.75, 3.05) is 7.11 Å². The number of carbonyl (C=O) groups is 2. The van der Waals surface area contributed by atoms with Crippen LogP contribution in [0, 0.1) is 0 Å². The fourth-order valence-corrected chi connectivity index (χ4v) is 3.43. The summed E-state index contributed by atoms with van der Waals surface area (Å²) < 4.78 is 4.82. The molecular weight excluding hydrogens is 306 g/mol. The molecule has 1 aliphatic heterocycles. The van der Waals surface area contributed by atoms with Crippen molar-refractivity contribution in [3.05, 3.63) is 35.9 Å². The molecule has 0 aromatic heterocycles. The Bertz CT molecular complexity index is 579. The molecule has 5 heteroatoms. The fourth-order valence-electron chi connectivity index (χ4n) is 3.43. The standard InChI is InChI=1S/C19H27NO4/c1-18(2)12-9-13-19(3,4)20(18)24-16(17(22)23-5)15(21)14-10-7-6-8-11-14/h6-8,10-11,16H,9,12-13H2,1-5H3. The molecule has 1 aliphatic rings. The highest BCUT2D eigenvalue weighted by molar-refractivity contribution is 6.11. The second-order valence-corrected chi connectivity index (χ2v) is 7.51. The van der Waals surface area contributed by atoms with Gasteiger partial charge in [-0.05, 0) is 47.0 Å². The largest absolute Gasteiger partial charge is 0.467 e. The second kappa shape index (κ2) is 7.03. The first kappa shape index (κ1) is 18.6. The maximum absolute atomic E-state index is 12.8. The number of carbonyl (C=O) groups excluding carboxylic acids is 2. The summed E-state index contributed by atoms with van der Waals surface area (Å²) in [6, 6.07) is 8.69. The van der Waals surface area contributed by atoms with Gasteiger partial charge in [-0.3, -0.25) is 9.63 Å². The molecule has 0 radical (unpaired) electrons. The van der Waals surface area contributed by atoms with Crippen molar-refractivity contribution in [1.29, 1.82) is 0 Å². The second-order valence-electron chi connectivity index (χ2n) is 7.51. The Morgan fingerprint density at radius 3 is 2.08 bits per heavy atom. The number of ether oxygens (including phenoxy) is 1. The van der Waals surface area contributed by atoms with Crippen LogP contribution in [-0.4, -0.2) is 41.1 Å². The van der Waals surface area contributed by atoms with Gasteiger partial charge in [-0.25, -0.2) is 4.79 Å². The lowest BCUT2D eigenvalue weighted by Gasteiger charge is -2.51. The first-order valence-electron chi connectivity index (χ1n) is 8.33. The molecule has 132 valence electrons. The van der Waals surface area contributed by atoms with Gasteiger partial charge in [0.25, 0.3) is 0 Å². The maximum atomic E-state index is 12.8. The lowest BCUT2D eigenvalue weighted by atomic mass is 9.82. The van der Waals surface area contributed by atoms with Gasteiger partial charge in [0.2, 0.25) is 11.9 Å². The van der Waals surface area contributed by atoms with Crippen molar-refractivity contribution in [3.63, 3.8) is 0 Å². The smallest absolute Gasteiger partial charge is 0.345 e. The van der Waals surface area contributed by atoms with Gasteiger partial charge in [0, 0.05) is 16.6 Å². The zero-order chi connectivity index (χ0) is 18.0. The topological polar surface area (TPSA) is 55.8 Å². The summed E-state index contributed by atoms with van der Waals surface area (Å²) in [6.07, 6.45) is 1.65. The third kappa shape index (κ3) is 3.84. The number of piperidine rings is 1. The lowest BCUT2D eigenvalue weighted by Crippen LogP contribution is -2.60. The van der Waals surface area contributed by atoms with Crippen LogP contribution in [0.15, 0.2) is 30.3 Å². The summed E-state index contributed by atoms with van der Waals surface area (Å²) in [5, 5.41) is 1.81. The molecular formula is C19H27NO4. The Morgan fingerprint density at radius 2 is 1.58 bits per heavy atom. The first-order chi connectivity index (χ1) is 11.2. The van der Waals surface area contributed by atoms with E-state index >= 15 is 0 Å². The van der Waals surface area contributed by atoms with Crippen LogP contribution in [-0.2, 0) is 14.4 Å². The molecule has 0 bridgehead atoms. The summed E-state index contributed by atoms with van der Waals surface area (Å²) in [6.45, 7) is 8.26. The van der Waals surface area contributed by atoms with Crippen LogP contribution < -0.4 is 0 Å². The SMILES string of the molecule is COC(=O)C(ON1C(C)(C)CCCC1(C)C)C(=O)c1ccccc1. The molecule has 1 aromatic rings. The van der Waals surface area contributed by atoms with Crippen LogP contribution in [0.5, 0.6) is 0 Å². The number of esters is 1. The van der Waals surface area contributed by atoms with Gasteiger partial charge in [-0.2, -0.15) is 5.06 Å². The predicted octanol–water partition coefficient (Wildman–Crippen LogP) is 3.39. The van der Waals surface area contributed by atoms with Gasteiger partial charge in [0.05, 0.1) is 7.11 Å². The Kier molecular flexibility index (Phi) is 5.45. The summed E-state index contributed by atoms with van der Waals surface area (Å²) >= 11 is 0. The Balaban J connectivity index is 2.32. The minimum Gasteiger partial charge on any atom is -0.467 e. The summed E-state index contributed by atoms with van der Waals surface area (Å²) in [4.78, 5) is 31.0. The number of nitrogens with zero attached hydrogens (tertiary/aromatic N) is 1. The van der Waals surface area contributed by atoms with Gasteiger partial charge < -0.3 is 4.74 Å². The predicted molar refractivity (Wildman–Crippen MR) is 91.5 cm³/mol. The van der Waals surface area contributed by atoms with Crippen molar-refractivity contribution in [2.45, 2.75) is 64.1 Å². The van der Waals surface area contributed by atoms with Crippen LogP contribution in [0.3, 0.4) is 0 Å². The molecule has 1 saturated heterocycles. The van der Waals surface area contributed by atoms with E-state index in [1.54, 1.807) is 24.3 Å². The van der Waals surface area contributed by atoms with Crippen LogP contribution >= 0.6 is 0 Å². The minimum atomic E-state index is -1.30. The van der Waals surface area contributed by atoms with E-state index in [0.717, 1.165) is 19.3 Å². The molecule has 0 aliphatic carbocycles. The van der Waals surface area contributed by atoms with E-state index in [2.05, 4.69) is 27.7 Å². The van der Waals surface area contributed by atoms with E-state index in [1.165, 1.54) is 7.11 Å². The third-order valence-electron chi connectivity index (χ3n) is 4.60. The molecule has 1 atom stereocenters. The summed E-state index contributed by atoms with van der Waals surface area (Å²) in [5.41, 5.74) is -0.115. The molecule has 0 N–H and O–H groups in total. The maximum Gasteiger partial charge on any atom is 0.345 e. The van der Waals surface area contributed by atoms with Crippen molar-refractivity contribution < 1.29 is 19.2 Å². The van der Waals surface area contributed by atoms with Gasteiger partial charge >= 0.3 is 5.97 Å². The van der Waals surface area contributed by atoms with E-state index < -0.39 is 12.1 Å². The van der Waals surface area contributed by atoms with E-state index in [9.17, 15) is 9.59 Å². The molecule has 0 amide bonds. The van der Waals surface area contributed by atoms with Crippen molar-refractivity contribution in [3.8, 4) is 0 Å². The molecule has 1 fully saturated rings. The van der Waals surface area contributed by atoms with Crippen LogP contribution in [0.25, 0.3) is 0 Å². The molecule has 1 heterocycles. The van der Waals surface area contributed by atoms with Gasteiger partial charge in [0.1, 0.15) is 0 Å². The number of hydrogen-bond donors (Lipinski definition) is 0. The minimum absolute atomic E-state index is 0.273. The van der Waals surface area contributed by atoms with Crippen LogP contribution in [0.4, 0.5) is 0 Å². The molecule has 5 nitrogen and oxygen atoms in total. The molecule has 0 spiro atoms. The van der Waals surface area contributed by atoms with E-state index in [4.69, 9.17) is 9.57 Å². The highest BCUT2D eigenvalue weighted by atomic mass is 16.7. The highest BCUT2D eigenvalue weighted by Gasteiger charge is 2.46. The van der Waals surface area contributed by atoms with Crippen molar-refractivity contribution in [2.24, 2.45) is 0 Å². The Morgan fingerprint density at radius 1 is 1.04 bits per heavy atom. The zero-order valence-corrected chi connectivity index (χ0v) is 15.2. The van der Waals surface area contributed by atoms with E-state index in [1.807, 2.05) is 11.1 Å². The number of ketones is 1. The number of Topliss-reactive ketones (excluding diaryl/α,β-unsaturated/α-hetero) is 1. The van der Waals surface area contributed by atoms with Gasteiger partial charge in [0.15, 0.2) is 0 Å². The average Bonchev–Trinajstić information content (AvgIpc) is 2.53. The summed E-state index contributed by atoms with van der Waals surface area (Å²) in [5.74, 6) is -1.07. The Hall–Kier alpha value is -1.72. The molecule has 0 saturated carbocycles. The van der Waals surface area contributed by atoms with Gasteiger partial charge in [-0.15, -0.1) is 0 Å². The molecule has 24 heavy (non-hydrogen) atoms. The number of rotatable bonds is 5. The zero-order valence-electron chi connectivity index (χ0n) is 15.2. The number of benzene rings is 1. The average molecular weight is 333 g/mol.